The fourth-order valence-corrected chi connectivity index (χ4v) is 4.69. The van der Waals surface area contributed by atoms with E-state index in [0.717, 1.165) is 57.3 Å². The van der Waals surface area contributed by atoms with Gasteiger partial charge in [-0.1, -0.05) is 30.3 Å². The Morgan fingerprint density at radius 1 is 1.03 bits per heavy atom. The van der Waals surface area contributed by atoms with E-state index >= 15 is 0 Å². The number of anilines is 1. The predicted octanol–water partition coefficient (Wildman–Crippen LogP) is 2.32. The molecule has 2 aliphatic rings. The molecule has 7 nitrogen and oxygen atoms in total. The van der Waals surface area contributed by atoms with E-state index in [9.17, 15) is 0 Å². The van der Waals surface area contributed by atoms with Crippen molar-refractivity contribution in [2.24, 2.45) is 0 Å². The molecule has 0 unspecified atom stereocenters. The Morgan fingerprint density at radius 2 is 1.79 bits per heavy atom. The van der Waals surface area contributed by atoms with Crippen LogP contribution in [0.25, 0.3) is 5.78 Å². The Morgan fingerprint density at radius 3 is 2.55 bits per heavy atom. The number of benzene rings is 1. The highest BCUT2D eigenvalue weighted by atomic mass is 16.5. The van der Waals surface area contributed by atoms with Crippen LogP contribution in [0.2, 0.25) is 0 Å². The van der Waals surface area contributed by atoms with Crippen molar-refractivity contribution >= 4 is 11.6 Å². The highest BCUT2D eigenvalue weighted by Gasteiger charge is 2.29. The topological polar surface area (TPSA) is 58.8 Å². The SMILES string of the molecule is Cc1nc2ncnn2c(N2CCC(N3CCOCC3)CC2)c1Cc1ccccc1. The average molecular weight is 393 g/mol. The fraction of sp³-hybridized carbons (Fsp3) is 0.500. The maximum Gasteiger partial charge on any atom is 0.254 e. The maximum atomic E-state index is 5.53. The molecule has 0 amide bonds. The number of hydrogen-bond donors (Lipinski definition) is 0. The van der Waals surface area contributed by atoms with Crippen LogP contribution in [-0.2, 0) is 11.2 Å². The van der Waals surface area contributed by atoms with Crippen molar-refractivity contribution in [3.63, 3.8) is 0 Å². The smallest absolute Gasteiger partial charge is 0.254 e. The summed E-state index contributed by atoms with van der Waals surface area (Å²) in [5.41, 5.74) is 3.58. The Kier molecular flexibility index (Phi) is 5.16. The van der Waals surface area contributed by atoms with Crippen LogP contribution in [0.1, 0.15) is 29.7 Å². The standard InChI is InChI=1S/C22H28N6O/c1-17-20(15-18-5-3-2-4-6-18)21(28-22(25-17)23-16-24-28)27-9-7-19(8-10-27)26-11-13-29-14-12-26/h2-6,16,19H,7-15H2,1H3. The second kappa shape index (κ2) is 8.08. The van der Waals surface area contributed by atoms with Gasteiger partial charge in [0.1, 0.15) is 12.1 Å². The number of fused-ring (bicyclic) bond motifs is 1. The third kappa shape index (κ3) is 3.72. The van der Waals surface area contributed by atoms with Crippen LogP contribution in [0.4, 0.5) is 5.82 Å². The number of rotatable bonds is 4. The first-order chi connectivity index (χ1) is 14.3. The number of aromatic nitrogens is 4. The first kappa shape index (κ1) is 18.5. The molecule has 5 rings (SSSR count). The molecule has 4 heterocycles. The number of nitrogens with zero attached hydrogens (tertiary/aromatic N) is 6. The molecule has 7 heteroatoms. The van der Waals surface area contributed by atoms with Crippen molar-refractivity contribution in [2.75, 3.05) is 44.3 Å². The van der Waals surface area contributed by atoms with Gasteiger partial charge in [0.05, 0.1) is 13.2 Å². The lowest BCUT2D eigenvalue weighted by molar-refractivity contribution is 0.0114. The van der Waals surface area contributed by atoms with Gasteiger partial charge in [0, 0.05) is 49.9 Å². The van der Waals surface area contributed by atoms with Gasteiger partial charge in [-0.2, -0.15) is 14.6 Å². The molecule has 29 heavy (non-hydrogen) atoms. The minimum absolute atomic E-state index is 0.655. The molecule has 0 aliphatic carbocycles. The van der Waals surface area contributed by atoms with Crippen molar-refractivity contribution in [2.45, 2.75) is 32.2 Å². The number of morpholine rings is 1. The molecule has 2 fully saturated rings. The van der Waals surface area contributed by atoms with Crippen LogP contribution in [0.3, 0.4) is 0 Å². The van der Waals surface area contributed by atoms with Crippen LogP contribution >= 0.6 is 0 Å². The van der Waals surface area contributed by atoms with Gasteiger partial charge >= 0.3 is 0 Å². The lowest BCUT2D eigenvalue weighted by atomic mass is 10.00. The van der Waals surface area contributed by atoms with Gasteiger partial charge in [-0.05, 0) is 25.3 Å². The molecular weight excluding hydrogens is 364 g/mol. The van der Waals surface area contributed by atoms with Crippen LogP contribution in [0.15, 0.2) is 36.7 Å². The van der Waals surface area contributed by atoms with Gasteiger partial charge in [0.25, 0.3) is 5.78 Å². The second-order valence-corrected chi connectivity index (χ2v) is 8.00. The molecule has 0 atom stereocenters. The molecule has 0 bridgehead atoms. The van der Waals surface area contributed by atoms with Crippen LogP contribution in [-0.4, -0.2) is 69.9 Å². The minimum Gasteiger partial charge on any atom is -0.379 e. The summed E-state index contributed by atoms with van der Waals surface area (Å²) in [5, 5.41) is 4.52. The summed E-state index contributed by atoms with van der Waals surface area (Å²) in [5.74, 6) is 1.85. The van der Waals surface area contributed by atoms with E-state index in [-0.39, 0.29) is 0 Å². The zero-order valence-electron chi connectivity index (χ0n) is 17.0. The minimum atomic E-state index is 0.655. The summed E-state index contributed by atoms with van der Waals surface area (Å²) < 4.78 is 7.46. The van der Waals surface area contributed by atoms with E-state index in [4.69, 9.17) is 9.72 Å². The van der Waals surface area contributed by atoms with Crippen molar-refractivity contribution < 1.29 is 4.74 Å². The molecule has 0 saturated carbocycles. The second-order valence-electron chi connectivity index (χ2n) is 8.00. The highest BCUT2D eigenvalue weighted by molar-refractivity contribution is 5.56. The molecule has 2 saturated heterocycles. The molecule has 152 valence electrons. The Hall–Kier alpha value is -2.51. The first-order valence-electron chi connectivity index (χ1n) is 10.6. The van der Waals surface area contributed by atoms with Crippen molar-refractivity contribution in [3.05, 3.63) is 53.5 Å². The number of piperidine rings is 1. The lowest BCUT2D eigenvalue weighted by Crippen LogP contribution is -2.49. The molecule has 1 aromatic carbocycles. The Balaban J connectivity index is 1.44. The van der Waals surface area contributed by atoms with Crippen LogP contribution < -0.4 is 4.90 Å². The monoisotopic (exact) mass is 392 g/mol. The van der Waals surface area contributed by atoms with E-state index in [1.807, 2.05) is 4.52 Å². The van der Waals surface area contributed by atoms with Gasteiger partial charge in [-0.3, -0.25) is 4.90 Å². The number of ether oxygens (including phenoxy) is 1. The van der Waals surface area contributed by atoms with E-state index < -0.39 is 0 Å². The van der Waals surface area contributed by atoms with E-state index in [1.54, 1.807) is 6.33 Å². The molecule has 0 radical (unpaired) electrons. The number of aryl methyl sites for hydroxylation is 1. The zero-order valence-corrected chi connectivity index (χ0v) is 17.0. The van der Waals surface area contributed by atoms with E-state index in [2.05, 4.69) is 57.1 Å². The lowest BCUT2D eigenvalue weighted by Gasteiger charge is -2.41. The molecule has 0 N–H and O–H groups in total. The first-order valence-corrected chi connectivity index (χ1v) is 10.6. The summed E-state index contributed by atoms with van der Waals surface area (Å²) in [6.45, 7) is 8.01. The summed E-state index contributed by atoms with van der Waals surface area (Å²) in [6.07, 6.45) is 4.80. The van der Waals surface area contributed by atoms with Gasteiger partial charge in [-0.15, -0.1) is 0 Å². The van der Waals surface area contributed by atoms with Crippen molar-refractivity contribution in [3.8, 4) is 0 Å². The molecule has 2 aliphatic heterocycles. The van der Waals surface area contributed by atoms with Gasteiger partial charge in [0.2, 0.25) is 0 Å². The summed E-state index contributed by atoms with van der Waals surface area (Å²) in [7, 11) is 0. The Labute approximate surface area is 171 Å². The normalized spacial score (nSPS) is 19.1. The Bertz CT molecular complexity index is 958. The van der Waals surface area contributed by atoms with Crippen LogP contribution in [0.5, 0.6) is 0 Å². The van der Waals surface area contributed by atoms with Gasteiger partial charge in [0.15, 0.2) is 0 Å². The largest absolute Gasteiger partial charge is 0.379 e. The van der Waals surface area contributed by atoms with Crippen LogP contribution in [0, 0.1) is 6.92 Å². The third-order valence-corrected chi connectivity index (χ3v) is 6.25. The quantitative estimate of drug-likeness (QED) is 0.679. The van der Waals surface area contributed by atoms with Gasteiger partial charge in [-0.25, -0.2) is 4.98 Å². The predicted molar refractivity (Wildman–Crippen MR) is 112 cm³/mol. The highest BCUT2D eigenvalue weighted by Crippen LogP contribution is 2.29. The van der Waals surface area contributed by atoms with E-state index in [0.29, 0.717) is 11.8 Å². The summed E-state index contributed by atoms with van der Waals surface area (Å²) >= 11 is 0. The third-order valence-electron chi connectivity index (χ3n) is 6.25. The molecule has 2 aromatic heterocycles. The molecular formula is C22H28N6O. The van der Waals surface area contributed by atoms with Crippen molar-refractivity contribution in [1.29, 1.82) is 0 Å². The summed E-state index contributed by atoms with van der Waals surface area (Å²) in [6, 6.07) is 11.3. The summed E-state index contributed by atoms with van der Waals surface area (Å²) in [4.78, 5) is 14.2. The fourth-order valence-electron chi connectivity index (χ4n) is 4.69. The number of hydrogen-bond acceptors (Lipinski definition) is 6. The average Bonchev–Trinajstić information content (AvgIpc) is 3.23. The zero-order chi connectivity index (χ0) is 19.6. The van der Waals surface area contributed by atoms with E-state index in [1.165, 1.54) is 24.0 Å². The molecule has 0 spiro atoms. The molecule has 3 aromatic rings. The maximum absolute atomic E-state index is 5.53. The van der Waals surface area contributed by atoms with Crippen molar-refractivity contribution in [1.82, 2.24) is 24.5 Å². The van der Waals surface area contributed by atoms with Gasteiger partial charge < -0.3 is 9.64 Å².